The molecular formula is C31H62N2. The third kappa shape index (κ3) is 16.6. The van der Waals surface area contributed by atoms with Gasteiger partial charge in [-0.15, -0.1) is 0 Å². The average Bonchev–Trinajstić information content (AvgIpc) is 3.22. The topological polar surface area (TPSA) is 6.48 Å². The molecule has 1 heterocycles. The lowest BCUT2D eigenvalue weighted by atomic mass is 10.0. The molecule has 0 spiro atoms. The van der Waals surface area contributed by atoms with Gasteiger partial charge in [-0.3, -0.25) is 0 Å². The van der Waals surface area contributed by atoms with Crippen LogP contribution < -0.4 is 0 Å². The minimum atomic E-state index is 0.636. The summed E-state index contributed by atoms with van der Waals surface area (Å²) < 4.78 is 0. The lowest BCUT2D eigenvalue weighted by molar-refractivity contribution is 0.142. The van der Waals surface area contributed by atoms with Crippen LogP contribution in [0.2, 0.25) is 0 Å². The second-order valence-corrected chi connectivity index (χ2v) is 10.7. The molecule has 2 nitrogen and oxygen atoms in total. The fraction of sp³-hybridized carbons (Fsp3) is 0.935. The minimum Gasteiger partial charge on any atom is -0.356 e. The van der Waals surface area contributed by atoms with E-state index in [-0.39, 0.29) is 0 Å². The van der Waals surface area contributed by atoms with Crippen LogP contribution >= 0.6 is 0 Å². The van der Waals surface area contributed by atoms with Crippen molar-refractivity contribution in [2.24, 2.45) is 0 Å². The summed E-state index contributed by atoms with van der Waals surface area (Å²) in [5.74, 6) is 0. The first kappa shape index (κ1) is 30.4. The van der Waals surface area contributed by atoms with E-state index in [1.54, 1.807) is 0 Å². The zero-order chi connectivity index (χ0) is 23.8. The highest BCUT2D eigenvalue weighted by Gasteiger charge is 2.23. The smallest absolute Gasteiger partial charge is 0.101 e. The summed E-state index contributed by atoms with van der Waals surface area (Å²) in [7, 11) is 0. The van der Waals surface area contributed by atoms with Crippen LogP contribution in [0.3, 0.4) is 0 Å². The van der Waals surface area contributed by atoms with Crippen molar-refractivity contribution in [1.29, 1.82) is 0 Å². The highest BCUT2D eigenvalue weighted by Crippen LogP contribution is 2.23. The molecule has 33 heavy (non-hydrogen) atoms. The van der Waals surface area contributed by atoms with Gasteiger partial charge in [-0.25, -0.2) is 0 Å². The fourth-order valence-corrected chi connectivity index (χ4v) is 5.38. The minimum absolute atomic E-state index is 0.636. The molecule has 0 aromatic rings. The molecule has 1 atom stereocenters. The second kappa shape index (κ2) is 23.1. The Balaban J connectivity index is 2.00. The van der Waals surface area contributed by atoms with E-state index in [9.17, 15) is 0 Å². The third-order valence-electron chi connectivity index (χ3n) is 7.67. The molecule has 0 aromatic carbocycles. The molecule has 0 fully saturated rings. The van der Waals surface area contributed by atoms with E-state index in [0.29, 0.717) is 6.17 Å². The van der Waals surface area contributed by atoms with E-state index in [4.69, 9.17) is 0 Å². The molecule has 0 saturated heterocycles. The Labute approximate surface area is 210 Å². The van der Waals surface area contributed by atoms with Crippen LogP contribution in [0.5, 0.6) is 0 Å². The predicted molar refractivity (Wildman–Crippen MR) is 150 cm³/mol. The molecule has 0 amide bonds. The van der Waals surface area contributed by atoms with Gasteiger partial charge in [0.1, 0.15) is 6.17 Å². The van der Waals surface area contributed by atoms with E-state index in [1.165, 1.54) is 154 Å². The first-order chi connectivity index (χ1) is 16.3. The maximum absolute atomic E-state index is 2.65. The highest BCUT2D eigenvalue weighted by atomic mass is 15.4. The monoisotopic (exact) mass is 462 g/mol. The number of hydrogen-bond acceptors (Lipinski definition) is 2. The van der Waals surface area contributed by atoms with Crippen molar-refractivity contribution in [3.05, 3.63) is 12.4 Å². The molecule has 0 aromatic heterocycles. The molecule has 1 aliphatic heterocycles. The lowest BCUT2D eigenvalue weighted by Crippen LogP contribution is -2.38. The maximum Gasteiger partial charge on any atom is 0.101 e. The van der Waals surface area contributed by atoms with Gasteiger partial charge in [0.25, 0.3) is 0 Å². The first-order valence-electron chi connectivity index (χ1n) is 15.5. The van der Waals surface area contributed by atoms with Crippen molar-refractivity contribution in [1.82, 2.24) is 9.80 Å². The second-order valence-electron chi connectivity index (χ2n) is 10.7. The highest BCUT2D eigenvalue weighted by molar-refractivity contribution is 4.96. The summed E-state index contributed by atoms with van der Waals surface area (Å²) in [5, 5.41) is 0. The van der Waals surface area contributed by atoms with Crippen LogP contribution in [0, 0.1) is 0 Å². The quantitative estimate of drug-likeness (QED) is 0.124. The number of hydrogen-bond donors (Lipinski definition) is 0. The van der Waals surface area contributed by atoms with Crippen molar-refractivity contribution in [3.8, 4) is 0 Å². The number of rotatable bonds is 25. The summed E-state index contributed by atoms with van der Waals surface area (Å²) in [5.41, 5.74) is 0. The number of nitrogens with zero attached hydrogens (tertiary/aromatic N) is 2. The van der Waals surface area contributed by atoms with E-state index in [0.717, 1.165) is 6.54 Å². The van der Waals surface area contributed by atoms with Gasteiger partial charge in [0, 0.05) is 25.5 Å². The zero-order valence-corrected chi connectivity index (χ0v) is 23.3. The molecule has 0 saturated carbocycles. The number of unbranched alkanes of at least 4 members (excludes halogenated alkanes) is 20. The zero-order valence-electron chi connectivity index (χ0n) is 23.3. The van der Waals surface area contributed by atoms with Gasteiger partial charge in [0.15, 0.2) is 0 Å². The third-order valence-corrected chi connectivity index (χ3v) is 7.67. The van der Waals surface area contributed by atoms with Crippen molar-refractivity contribution in [3.63, 3.8) is 0 Å². The summed E-state index contributed by atoms with van der Waals surface area (Å²) in [4.78, 5) is 5.21. The molecular weight excluding hydrogens is 400 g/mol. The lowest BCUT2D eigenvalue weighted by Gasteiger charge is -2.32. The van der Waals surface area contributed by atoms with E-state index in [1.807, 2.05) is 0 Å². The van der Waals surface area contributed by atoms with Gasteiger partial charge in [0.05, 0.1) is 0 Å². The SMILES string of the molecule is CCCCCCCCCCCCCCC1N(CC)C=CN1CCCCCCCCCCCC. The van der Waals surface area contributed by atoms with Crippen LogP contribution in [0.1, 0.15) is 168 Å². The average molecular weight is 463 g/mol. The van der Waals surface area contributed by atoms with Crippen LogP contribution in [0.25, 0.3) is 0 Å². The van der Waals surface area contributed by atoms with Crippen LogP contribution in [0.4, 0.5) is 0 Å². The summed E-state index contributed by atoms with van der Waals surface area (Å²) in [6, 6.07) is 0. The van der Waals surface area contributed by atoms with E-state index < -0.39 is 0 Å². The Morgan fingerprint density at radius 3 is 1.21 bits per heavy atom. The van der Waals surface area contributed by atoms with E-state index >= 15 is 0 Å². The molecule has 2 heteroatoms. The molecule has 1 aliphatic rings. The predicted octanol–water partition coefficient (Wildman–Crippen LogP) is 10.4. The van der Waals surface area contributed by atoms with Gasteiger partial charge in [-0.2, -0.15) is 0 Å². The largest absolute Gasteiger partial charge is 0.356 e. The molecule has 1 unspecified atom stereocenters. The van der Waals surface area contributed by atoms with E-state index in [2.05, 4.69) is 43.0 Å². The fourth-order valence-electron chi connectivity index (χ4n) is 5.38. The first-order valence-corrected chi connectivity index (χ1v) is 15.5. The van der Waals surface area contributed by atoms with Crippen LogP contribution in [-0.2, 0) is 0 Å². The molecule has 0 N–H and O–H groups in total. The summed E-state index contributed by atoms with van der Waals surface area (Å²) >= 11 is 0. The normalized spacial score (nSPS) is 15.8. The summed E-state index contributed by atoms with van der Waals surface area (Å²) in [6.07, 6.45) is 38.3. The Hall–Kier alpha value is -0.660. The van der Waals surface area contributed by atoms with Crippen LogP contribution in [0.15, 0.2) is 12.4 Å². The van der Waals surface area contributed by atoms with Crippen molar-refractivity contribution in [2.75, 3.05) is 13.1 Å². The molecule has 1 rings (SSSR count). The Morgan fingerprint density at radius 1 is 0.424 bits per heavy atom. The van der Waals surface area contributed by atoms with Crippen molar-refractivity contribution >= 4 is 0 Å². The standard InChI is InChI=1S/C31H62N2/c1-4-7-9-11-13-15-17-18-19-21-23-25-27-31-32(6-3)29-30-33(31)28-26-24-22-20-16-14-12-10-8-5-2/h29-31H,4-28H2,1-3H3. The van der Waals surface area contributed by atoms with Crippen molar-refractivity contribution in [2.45, 2.75) is 175 Å². The van der Waals surface area contributed by atoms with Crippen LogP contribution in [-0.4, -0.2) is 29.1 Å². The Morgan fingerprint density at radius 2 is 0.788 bits per heavy atom. The van der Waals surface area contributed by atoms with Gasteiger partial charge < -0.3 is 9.80 Å². The Kier molecular flexibility index (Phi) is 21.3. The van der Waals surface area contributed by atoms with Gasteiger partial charge in [0.2, 0.25) is 0 Å². The summed E-state index contributed by atoms with van der Waals surface area (Å²) in [6.45, 7) is 9.32. The molecule has 196 valence electrons. The van der Waals surface area contributed by atoms with Crippen molar-refractivity contribution < 1.29 is 0 Å². The molecule has 0 radical (unpaired) electrons. The molecule has 0 bridgehead atoms. The van der Waals surface area contributed by atoms with Gasteiger partial charge in [-0.1, -0.05) is 142 Å². The van der Waals surface area contributed by atoms with Gasteiger partial charge in [-0.05, 0) is 26.2 Å². The molecule has 0 aliphatic carbocycles. The van der Waals surface area contributed by atoms with Gasteiger partial charge >= 0.3 is 0 Å². The maximum atomic E-state index is 2.65. The Bertz CT molecular complexity index is 419.